The molecule has 2 heteroatoms. The third-order valence-corrected chi connectivity index (χ3v) is 4.85. The summed E-state index contributed by atoms with van der Waals surface area (Å²) in [6.07, 6.45) is 0.808. The Morgan fingerprint density at radius 2 is 1.61 bits per heavy atom. The van der Waals surface area contributed by atoms with E-state index in [2.05, 4.69) is 40.7 Å². The van der Waals surface area contributed by atoms with Crippen molar-refractivity contribution in [2.24, 2.45) is 16.7 Å². The maximum absolute atomic E-state index is 12.9. The lowest BCUT2D eigenvalue weighted by Crippen LogP contribution is -2.44. The van der Waals surface area contributed by atoms with Crippen LogP contribution >= 0.6 is 0 Å². The first-order chi connectivity index (χ1) is 10.6. The molecule has 0 saturated heterocycles. The molecule has 0 heterocycles. The molecule has 2 aromatic rings. The van der Waals surface area contributed by atoms with Crippen molar-refractivity contribution >= 4 is 16.7 Å². The van der Waals surface area contributed by atoms with Crippen LogP contribution in [0.25, 0.3) is 10.8 Å². The summed E-state index contributed by atoms with van der Waals surface area (Å²) >= 11 is 0. The molecule has 0 aliphatic rings. The molecule has 0 aromatic heterocycles. The molecule has 124 valence electrons. The summed E-state index contributed by atoms with van der Waals surface area (Å²) < 4.78 is 5.78. The van der Waals surface area contributed by atoms with Crippen molar-refractivity contribution in [2.45, 2.75) is 48.0 Å². The summed E-state index contributed by atoms with van der Waals surface area (Å²) in [7, 11) is 0. The van der Waals surface area contributed by atoms with Gasteiger partial charge in [0.1, 0.15) is 5.75 Å². The molecule has 0 amide bonds. The van der Waals surface area contributed by atoms with E-state index in [0.29, 0.717) is 11.7 Å². The van der Waals surface area contributed by atoms with Crippen LogP contribution in [-0.4, -0.2) is 5.97 Å². The van der Waals surface area contributed by atoms with Crippen molar-refractivity contribution in [3.8, 4) is 5.75 Å². The molecule has 1 unspecified atom stereocenters. The Morgan fingerprint density at radius 3 is 2.17 bits per heavy atom. The van der Waals surface area contributed by atoms with E-state index < -0.39 is 5.41 Å². The Hall–Kier alpha value is -1.83. The Labute approximate surface area is 139 Å². The van der Waals surface area contributed by atoms with Gasteiger partial charge in [-0.2, -0.15) is 0 Å². The third-order valence-electron chi connectivity index (χ3n) is 4.85. The van der Waals surface area contributed by atoms with Gasteiger partial charge < -0.3 is 4.74 Å². The van der Waals surface area contributed by atoms with Crippen molar-refractivity contribution in [1.29, 1.82) is 0 Å². The van der Waals surface area contributed by atoms with E-state index in [9.17, 15) is 4.79 Å². The van der Waals surface area contributed by atoms with E-state index in [-0.39, 0.29) is 11.4 Å². The summed E-state index contributed by atoms with van der Waals surface area (Å²) in [5.41, 5.74) is -0.683. The predicted octanol–water partition coefficient (Wildman–Crippen LogP) is 5.84. The lowest BCUT2D eigenvalue weighted by atomic mass is 9.64. The van der Waals surface area contributed by atoms with Crippen molar-refractivity contribution in [2.75, 3.05) is 0 Å². The Balaban J connectivity index is 2.29. The van der Waals surface area contributed by atoms with Gasteiger partial charge in [0.2, 0.25) is 0 Å². The first kappa shape index (κ1) is 17.5. The monoisotopic (exact) mass is 312 g/mol. The molecule has 0 bridgehead atoms. The fourth-order valence-electron chi connectivity index (χ4n) is 2.96. The Bertz CT molecular complexity index is 694. The van der Waals surface area contributed by atoms with Gasteiger partial charge in [-0.3, -0.25) is 4.79 Å². The van der Waals surface area contributed by atoms with Crippen LogP contribution < -0.4 is 4.74 Å². The fraction of sp³-hybridized carbons (Fsp3) is 0.476. The summed E-state index contributed by atoms with van der Waals surface area (Å²) in [6, 6.07) is 13.9. The van der Waals surface area contributed by atoms with E-state index in [0.717, 1.165) is 17.2 Å². The minimum Gasteiger partial charge on any atom is -0.426 e. The van der Waals surface area contributed by atoms with Gasteiger partial charge >= 0.3 is 5.97 Å². The van der Waals surface area contributed by atoms with E-state index in [4.69, 9.17) is 4.74 Å². The quantitative estimate of drug-likeness (QED) is 0.523. The van der Waals surface area contributed by atoms with Crippen LogP contribution in [-0.2, 0) is 4.79 Å². The van der Waals surface area contributed by atoms with Crippen LogP contribution in [0.15, 0.2) is 42.5 Å². The molecule has 0 aliphatic heterocycles. The molecule has 0 aliphatic carbocycles. The van der Waals surface area contributed by atoms with Gasteiger partial charge in [0, 0.05) is 0 Å². The molecule has 0 fully saturated rings. The molecule has 1 atom stereocenters. The molecule has 23 heavy (non-hydrogen) atoms. The van der Waals surface area contributed by atoms with Crippen LogP contribution in [0.3, 0.4) is 0 Å². The standard InChI is InChI=1S/C21H28O2/c1-15(2)14-21(6,20(3,4)5)19(22)23-18-12-11-16-9-7-8-10-17(16)13-18/h7-13,15H,14H2,1-6H3. The second-order valence-corrected chi connectivity index (χ2v) is 8.08. The number of hydrogen-bond donors (Lipinski definition) is 0. The molecule has 0 spiro atoms. The molecule has 2 rings (SSSR count). The van der Waals surface area contributed by atoms with Crippen molar-refractivity contribution in [3.63, 3.8) is 0 Å². The lowest BCUT2D eigenvalue weighted by molar-refractivity contribution is -0.153. The van der Waals surface area contributed by atoms with Crippen LogP contribution in [0.4, 0.5) is 0 Å². The Kier molecular flexibility index (Phi) is 4.84. The van der Waals surface area contributed by atoms with Crippen molar-refractivity contribution in [1.82, 2.24) is 0 Å². The molecule has 0 saturated carbocycles. The SMILES string of the molecule is CC(C)CC(C)(C(=O)Oc1ccc2ccccc2c1)C(C)(C)C. The topological polar surface area (TPSA) is 26.3 Å². The number of hydrogen-bond acceptors (Lipinski definition) is 2. The predicted molar refractivity (Wildman–Crippen MR) is 96.6 cm³/mol. The fourth-order valence-corrected chi connectivity index (χ4v) is 2.96. The average molecular weight is 312 g/mol. The van der Waals surface area contributed by atoms with E-state index in [1.807, 2.05) is 43.3 Å². The van der Waals surface area contributed by atoms with Gasteiger partial charge in [0.25, 0.3) is 0 Å². The number of esters is 1. The minimum atomic E-state index is -0.521. The number of ether oxygens (including phenoxy) is 1. The van der Waals surface area contributed by atoms with Gasteiger partial charge in [-0.25, -0.2) is 0 Å². The van der Waals surface area contributed by atoms with Crippen LogP contribution in [0.2, 0.25) is 0 Å². The zero-order chi connectivity index (χ0) is 17.3. The van der Waals surface area contributed by atoms with Gasteiger partial charge in [0.15, 0.2) is 0 Å². The summed E-state index contributed by atoms with van der Waals surface area (Å²) in [4.78, 5) is 12.9. The number of carbonyl (C=O) groups excluding carboxylic acids is 1. The molecular formula is C21H28O2. The third kappa shape index (κ3) is 3.74. The first-order valence-corrected chi connectivity index (χ1v) is 8.34. The first-order valence-electron chi connectivity index (χ1n) is 8.34. The van der Waals surface area contributed by atoms with Gasteiger partial charge in [-0.1, -0.05) is 65.0 Å². The van der Waals surface area contributed by atoms with Crippen molar-refractivity contribution < 1.29 is 9.53 Å². The second kappa shape index (κ2) is 6.35. The van der Waals surface area contributed by atoms with E-state index >= 15 is 0 Å². The normalized spacial score (nSPS) is 14.7. The summed E-state index contributed by atoms with van der Waals surface area (Å²) in [6.45, 7) is 12.6. The van der Waals surface area contributed by atoms with Gasteiger partial charge in [0.05, 0.1) is 5.41 Å². The number of benzene rings is 2. The minimum absolute atomic E-state index is 0.144. The molecule has 2 nitrogen and oxygen atoms in total. The molecular weight excluding hydrogens is 284 g/mol. The summed E-state index contributed by atoms with van der Waals surface area (Å²) in [5.74, 6) is 0.908. The largest absolute Gasteiger partial charge is 0.426 e. The van der Waals surface area contributed by atoms with Crippen LogP contribution in [0.1, 0.15) is 48.0 Å². The number of rotatable bonds is 4. The highest BCUT2D eigenvalue weighted by molar-refractivity contribution is 5.85. The number of fused-ring (bicyclic) bond motifs is 1. The summed E-state index contributed by atoms with van der Waals surface area (Å²) in [5, 5.41) is 2.23. The molecule has 0 N–H and O–H groups in total. The van der Waals surface area contributed by atoms with E-state index in [1.54, 1.807) is 0 Å². The number of carbonyl (C=O) groups is 1. The maximum Gasteiger partial charge on any atom is 0.317 e. The molecule has 0 radical (unpaired) electrons. The smallest absolute Gasteiger partial charge is 0.317 e. The van der Waals surface area contributed by atoms with Gasteiger partial charge in [-0.05, 0) is 47.6 Å². The maximum atomic E-state index is 12.9. The molecule has 2 aromatic carbocycles. The van der Waals surface area contributed by atoms with Crippen LogP contribution in [0.5, 0.6) is 5.75 Å². The second-order valence-electron chi connectivity index (χ2n) is 8.08. The Morgan fingerprint density at radius 1 is 1.00 bits per heavy atom. The zero-order valence-electron chi connectivity index (χ0n) is 15.1. The highest BCUT2D eigenvalue weighted by Crippen LogP contribution is 2.44. The highest BCUT2D eigenvalue weighted by atomic mass is 16.5. The van der Waals surface area contributed by atoms with Crippen molar-refractivity contribution in [3.05, 3.63) is 42.5 Å². The van der Waals surface area contributed by atoms with Gasteiger partial charge in [-0.15, -0.1) is 0 Å². The van der Waals surface area contributed by atoms with Crippen LogP contribution in [0, 0.1) is 16.7 Å². The van der Waals surface area contributed by atoms with E-state index in [1.165, 1.54) is 0 Å². The average Bonchev–Trinajstić information content (AvgIpc) is 2.45. The lowest BCUT2D eigenvalue weighted by Gasteiger charge is -2.40. The highest BCUT2D eigenvalue weighted by Gasteiger charge is 2.46. The zero-order valence-corrected chi connectivity index (χ0v) is 15.1.